The number of nitrogens with two attached hydrogens (primary N) is 1. The van der Waals surface area contributed by atoms with Crippen LogP contribution in [0.3, 0.4) is 0 Å². The maximum atomic E-state index is 12.5. The summed E-state index contributed by atoms with van der Waals surface area (Å²) in [6.07, 6.45) is 2.21. The zero-order valence-corrected chi connectivity index (χ0v) is 11.7. The van der Waals surface area contributed by atoms with Gasteiger partial charge in [0.05, 0.1) is 12.2 Å². The maximum Gasteiger partial charge on any atom is 0.255 e. The topological polar surface area (TPSA) is 55.6 Å². The van der Waals surface area contributed by atoms with E-state index in [4.69, 9.17) is 10.5 Å². The normalized spacial score (nSPS) is 19.2. The number of nitrogens with zero attached hydrogens (tertiary/aromatic N) is 1. The van der Waals surface area contributed by atoms with Crippen LogP contribution in [0.2, 0.25) is 0 Å². The molecule has 1 atom stereocenters. The van der Waals surface area contributed by atoms with Gasteiger partial charge in [0, 0.05) is 25.9 Å². The lowest BCUT2D eigenvalue weighted by molar-refractivity contribution is 0.0388. The third-order valence-electron chi connectivity index (χ3n) is 3.65. The summed E-state index contributed by atoms with van der Waals surface area (Å²) in [5.74, 6) is 0.439. The molecule has 2 N–H and O–H groups in total. The van der Waals surface area contributed by atoms with E-state index in [2.05, 4.69) is 0 Å². The van der Waals surface area contributed by atoms with Crippen molar-refractivity contribution < 1.29 is 9.53 Å². The highest BCUT2D eigenvalue weighted by molar-refractivity contribution is 6.00. The Kier molecular flexibility index (Phi) is 4.43. The molecule has 0 bridgehead atoms. The van der Waals surface area contributed by atoms with E-state index in [0.29, 0.717) is 17.2 Å². The third kappa shape index (κ3) is 3.26. The Morgan fingerprint density at radius 3 is 2.95 bits per heavy atom. The van der Waals surface area contributed by atoms with Crippen molar-refractivity contribution in [3.63, 3.8) is 0 Å². The summed E-state index contributed by atoms with van der Waals surface area (Å²) in [7, 11) is 1.84. The first-order chi connectivity index (χ1) is 9.09. The van der Waals surface area contributed by atoms with Crippen molar-refractivity contribution in [3.8, 4) is 0 Å². The lowest BCUT2D eigenvalue weighted by Gasteiger charge is -2.27. The molecule has 19 heavy (non-hydrogen) atoms. The average Bonchev–Trinajstić information content (AvgIpc) is 2.39. The number of anilines is 1. The molecular formula is C15H22N2O2. The lowest BCUT2D eigenvalue weighted by atomic mass is 10.0. The first-order valence-electron chi connectivity index (χ1n) is 6.78. The van der Waals surface area contributed by atoms with Crippen molar-refractivity contribution in [2.45, 2.75) is 19.8 Å². The van der Waals surface area contributed by atoms with Gasteiger partial charge in [-0.2, -0.15) is 0 Å². The number of aryl methyl sites for hydroxylation is 1. The van der Waals surface area contributed by atoms with Gasteiger partial charge in [-0.25, -0.2) is 0 Å². The molecule has 0 spiro atoms. The van der Waals surface area contributed by atoms with Crippen molar-refractivity contribution in [1.82, 2.24) is 4.90 Å². The van der Waals surface area contributed by atoms with Gasteiger partial charge in [-0.05, 0) is 37.3 Å². The molecule has 2 rings (SSSR count). The number of benzene rings is 1. The largest absolute Gasteiger partial charge is 0.398 e. The van der Waals surface area contributed by atoms with Gasteiger partial charge in [0.1, 0.15) is 0 Å². The van der Waals surface area contributed by atoms with Crippen LogP contribution in [0, 0.1) is 12.8 Å². The molecule has 1 aliphatic heterocycles. The number of hydrogen-bond acceptors (Lipinski definition) is 3. The number of nitrogen functional groups attached to an aromatic ring is 1. The molecule has 1 aromatic rings. The van der Waals surface area contributed by atoms with E-state index in [-0.39, 0.29) is 5.91 Å². The van der Waals surface area contributed by atoms with Crippen LogP contribution < -0.4 is 5.73 Å². The molecule has 104 valence electrons. The van der Waals surface area contributed by atoms with Gasteiger partial charge in [-0.15, -0.1) is 0 Å². The Labute approximate surface area is 114 Å². The van der Waals surface area contributed by atoms with Crippen molar-refractivity contribution in [1.29, 1.82) is 0 Å². The standard InChI is InChI=1S/C15H22N2O2/c1-11-5-3-7-13(16)14(11)15(18)17(2)9-12-6-4-8-19-10-12/h3,5,7,12H,4,6,8-10,16H2,1-2H3. The summed E-state index contributed by atoms with van der Waals surface area (Å²) in [6.45, 7) is 4.24. The van der Waals surface area contributed by atoms with Crippen LogP contribution >= 0.6 is 0 Å². The molecule has 0 radical (unpaired) electrons. The van der Waals surface area contributed by atoms with Crippen molar-refractivity contribution >= 4 is 11.6 Å². The second-order valence-electron chi connectivity index (χ2n) is 5.31. The zero-order valence-electron chi connectivity index (χ0n) is 11.7. The van der Waals surface area contributed by atoms with Crippen molar-refractivity contribution in [2.75, 3.05) is 32.5 Å². The van der Waals surface area contributed by atoms with Crippen LogP contribution in [-0.2, 0) is 4.74 Å². The van der Waals surface area contributed by atoms with Crippen LogP contribution in [0.4, 0.5) is 5.69 Å². The summed E-state index contributed by atoms with van der Waals surface area (Å²) < 4.78 is 5.45. The summed E-state index contributed by atoms with van der Waals surface area (Å²) >= 11 is 0. The molecule has 1 unspecified atom stereocenters. The van der Waals surface area contributed by atoms with Gasteiger partial charge in [-0.3, -0.25) is 4.79 Å². The summed E-state index contributed by atoms with van der Waals surface area (Å²) in [4.78, 5) is 14.2. The van der Waals surface area contributed by atoms with Gasteiger partial charge in [-0.1, -0.05) is 12.1 Å². The van der Waals surface area contributed by atoms with Crippen molar-refractivity contribution in [2.24, 2.45) is 5.92 Å². The summed E-state index contributed by atoms with van der Waals surface area (Å²) in [5.41, 5.74) is 8.03. The fourth-order valence-corrected chi connectivity index (χ4v) is 2.60. The molecule has 4 nitrogen and oxygen atoms in total. The molecule has 0 saturated carbocycles. The van der Waals surface area contributed by atoms with Gasteiger partial charge in [0.15, 0.2) is 0 Å². The first-order valence-corrected chi connectivity index (χ1v) is 6.78. The van der Waals surface area contributed by atoms with E-state index >= 15 is 0 Å². The molecule has 1 heterocycles. The molecule has 1 saturated heterocycles. The zero-order chi connectivity index (χ0) is 13.8. The summed E-state index contributed by atoms with van der Waals surface area (Å²) in [5, 5.41) is 0. The smallest absolute Gasteiger partial charge is 0.255 e. The number of carbonyl (C=O) groups excluding carboxylic acids is 1. The predicted octanol–water partition coefficient (Wildman–Crippen LogP) is 2.08. The van der Waals surface area contributed by atoms with Gasteiger partial charge < -0.3 is 15.4 Å². The SMILES string of the molecule is Cc1cccc(N)c1C(=O)N(C)CC1CCCOC1. The van der Waals surface area contributed by atoms with E-state index < -0.39 is 0 Å². The number of ether oxygens (including phenoxy) is 1. The Morgan fingerprint density at radius 2 is 2.32 bits per heavy atom. The Hall–Kier alpha value is -1.55. The third-order valence-corrected chi connectivity index (χ3v) is 3.65. The van der Waals surface area contributed by atoms with Crippen LogP contribution in [0.25, 0.3) is 0 Å². The quantitative estimate of drug-likeness (QED) is 0.848. The minimum atomic E-state index is 0.00109. The van der Waals surface area contributed by atoms with Crippen LogP contribution in [-0.4, -0.2) is 37.6 Å². The molecular weight excluding hydrogens is 240 g/mol. The molecule has 0 aliphatic carbocycles. The summed E-state index contributed by atoms with van der Waals surface area (Å²) in [6, 6.07) is 5.56. The molecule has 1 fully saturated rings. The highest BCUT2D eigenvalue weighted by Crippen LogP contribution is 2.20. The fraction of sp³-hybridized carbons (Fsp3) is 0.533. The maximum absolute atomic E-state index is 12.5. The van der Waals surface area contributed by atoms with Crippen LogP contribution in [0.15, 0.2) is 18.2 Å². The average molecular weight is 262 g/mol. The fourth-order valence-electron chi connectivity index (χ4n) is 2.60. The second kappa shape index (κ2) is 6.06. The van der Waals surface area contributed by atoms with Gasteiger partial charge in [0.2, 0.25) is 0 Å². The lowest BCUT2D eigenvalue weighted by Crippen LogP contribution is -2.35. The highest BCUT2D eigenvalue weighted by atomic mass is 16.5. The van der Waals surface area contributed by atoms with E-state index in [1.54, 1.807) is 11.0 Å². The molecule has 4 heteroatoms. The number of amides is 1. The van der Waals surface area contributed by atoms with E-state index in [1.807, 2.05) is 26.1 Å². The minimum Gasteiger partial charge on any atom is -0.398 e. The molecule has 1 aromatic carbocycles. The van der Waals surface area contributed by atoms with Crippen LogP contribution in [0.1, 0.15) is 28.8 Å². The van der Waals surface area contributed by atoms with Crippen molar-refractivity contribution in [3.05, 3.63) is 29.3 Å². The molecule has 1 amide bonds. The van der Waals surface area contributed by atoms with Crippen LogP contribution in [0.5, 0.6) is 0 Å². The van der Waals surface area contributed by atoms with E-state index in [1.165, 1.54) is 0 Å². The molecule has 1 aliphatic rings. The Balaban J connectivity index is 2.06. The number of hydrogen-bond donors (Lipinski definition) is 1. The van der Waals surface area contributed by atoms with Gasteiger partial charge in [0.25, 0.3) is 5.91 Å². The minimum absolute atomic E-state index is 0.00109. The van der Waals surface area contributed by atoms with E-state index in [0.717, 1.165) is 38.2 Å². The molecule has 0 aromatic heterocycles. The monoisotopic (exact) mass is 262 g/mol. The Morgan fingerprint density at radius 1 is 1.53 bits per heavy atom. The second-order valence-corrected chi connectivity index (χ2v) is 5.31. The first kappa shape index (κ1) is 13.9. The highest BCUT2D eigenvalue weighted by Gasteiger charge is 2.21. The number of carbonyl (C=O) groups is 1. The van der Waals surface area contributed by atoms with Gasteiger partial charge >= 0.3 is 0 Å². The predicted molar refractivity (Wildman–Crippen MR) is 76.1 cm³/mol. The Bertz CT molecular complexity index is 433. The van der Waals surface area contributed by atoms with E-state index in [9.17, 15) is 4.79 Å². The number of rotatable bonds is 3.